The molecule has 0 amide bonds. The number of fused-ring (bicyclic) bond motifs is 1. The molecule has 2 aromatic rings. The van der Waals surface area contributed by atoms with Crippen molar-refractivity contribution in [2.75, 3.05) is 40.8 Å². The van der Waals surface area contributed by atoms with Crippen molar-refractivity contribution in [3.8, 4) is 0 Å². The van der Waals surface area contributed by atoms with Gasteiger partial charge in [0.2, 0.25) is 0 Å². The SMILES string of the molecule is CCCN(C)C/C(=C/NCC)N=Cc1cccc2ccccc12.CNC. The second-order valence-corrected chi connectivity index (χ2v) is 6.26. The molecular formula is C22H34N4. The summed E-state index contributed by atoms with van der Waals surface area (Å²) in [6.45, 7) is 7.13. The Kier molecular flexibility index (Phi) is 11.0. The van der Waals surface area contributed by atoms with Gasteiger partial charge in [0, 0.05) is 31.1 Å². The lowest BCUT2D eigenvalue weighted by Gasteiger charge is -2.15. The van der Waals surface area contributed by atoms with Gasteiger partial charge < -0.3 is 15.5 Å². The van der Waals surface area contributed by atoms with Crippen LogP contribution in [0.3, 0.4) is 0 Å². The third-order valence-electron chi connectivity index (χ3n) is 3.70. The van der Waals surface area contributed by atoms with Crippen LogP contribution < -0.4 is 10.6 Å². The van der Waals surface area contributed by atoms with Crippen molar-refractivity contribution in [3.05, 3.63) is 59.9 Å². The van der Waals surface area contributed by atoms with Crippen LogP contribution in [0.25, 0.3) is 10.8 Å². The molecule has 0 unspecified atom stereocenters. The van der Waals surface area contributed by atoms with Crippen molar-refractivity contribution in [1.29, 1.82) is 0 Å². The number of rotatable bonds is 8. The number of likely N-dealkylation sites (N-methyl/N-ethyl adjacent to an activating group) is 1. The minimum absolute atomic E-state index is 0.849. The van der Waals surface area contributed by atoms with E-state index >= 15 is 0 Å². The van der Waals surface area contributed by atoms with E-state index in [9.17, 15) is 0 Å². The Labute approximate surface area is 159 Å². The molecule has 142 valence electrons. The van der Waals surface area contributed by atoms with Crippen LogP contribution in [0, 0.1) is 0 Å². The molecule has 0 heterocycles. The highest BCUT2D eigenvalue weighted by molar-refractivity contribution is 5.99. The number of hydrogen-bond donors (Lipinski definition) is 2. The van der Waals surface area contributed by atoms with E-state index in [2.05, 4.69) is 78.9 Å². The molecular weight excluding hydrogens is 320 g/mol. The summed E-state index contributed by atoms with van der Waals surface area (Å²) in [6.07, 6.45) is 5.15. The molecule has 0 aliphatic rings. The average Bonchev–Trinajstić information content (AvgIpc) is 2.64. The van der Waals surface area contributed by atoms with Crippen molar-refractivity contribution in [2.45, 2.75) is 20.3 Å². The summed E-state index contributed by atoms with van der Waals surface area (Å²) in [6, 6.07) is 14.8. The molecule has 26 heavy (non-hydrogen) atoms. The Morgan fingerprint density at radius 2 is 1.77 bits per heavy atom. The van der Waals surface area contributed by atoms with Gasteiger partial charge in [-0.2, -0.15) is 0 Å². The Morgan fingerprint density at radius 3 is 2.46 bits per heavy atom. The van der Waals surface area contributed by atoms with Crippen molar-refractivity contribution in [1.82, 2.24) is 15.5 Å². The van der Waals surface area contributed by atoms with Crippen LogP contribution in [0.1, 0.15) is 25.8 Å². The highest BCUT2D eigenvalue weighted by Crippen LogP contribution is 2.17. The third kappa shape index (κ3) is 7.81. The van der Waals surface area contributed by atoms with Gasteiger partial charge in [0.05, 0.1) is 5.70 Å². The van der Waals surface area contributed by atoms with Gasteiger partial charge in [-0.3, -0.25) is 4.99 Å². The van der Waals surface area contributed by atoms with Gasteiger partial charge in [-0.25, -0.2) is 0 Å². The van der Waals surface area contributed by atoms with Gasteiger partial charge in [-0.1, -0.05) is 49.4 Å². The quantitative estimate of drug-likeness (QED) is 0.707. The molecule has 0 aromatic heterocycles. The lowest BCUT2D eigenvalue weighted by molar-refractivity contribution is 0.361. The molecule has 0 radical (unpaired) electrons. The van der Waals surface area contributed by atoms with E-state index in [1.165, 1.54) is 10.8 Å². The van der Waals surface area contributed by atoms with E-state index in [1.807, 2.05) is 26.5 Å². The normalized spacial score (nSPS) is 11.7. The molecule has 0 saturated heterocycles. The highest BCUT2D eigenvalue weighted by atomic mass is 15.1. The Morgan fingerprint density at radius 1 is 1.08 bits per heavy atom. The molecule has 0 aliphatic heterocycles. The number of nitrogens with one attached hydrogen (secondary N) is 2. The van der Waals surface area contributed by atoms with Crippen molar-refractivity contribution in [2.24, 2.45) is 4.99 Å². The standard InChI is InChI=1S/C20H27N3.C2H7N/c1-4-13-23(3)16-19(15-21-5-2)22-14-18-11-8-10-17-9-6-7-12-20(17)18;1-3-2/h6-12,14-15,21H,4-5,13,16H2,1-3H3;3H,1-2H3/b19-15-,22-14?;. The van der Waals surface area contributed by atoms with Gasteiger partial charge in [0.15, 0.2) is 0 Å². The van der Waals surface area contributed by atoms with Gasteiger partial charge in [0.1, 0.15) is 0 Å². The maximum absolute atomic E-state index is 4.74. The Hall–Kier alpha value is -2.17. The number of hydrogen-bond acceptors (Lipinski definition) is 4. The van der Waals surface area contributed by atoms with Crippen LogP contribution in [-0.2, 0) is 0 Å². The first-order chi connectivity index (χ1) is 12.7. The van der Waals surface area contributed by atoms with Crippen LogP contribution in [0.4, 0.5) is 0 Å². The fourth-order valence-electron chi connectivity index (χ4n) is 2.60. The number of aliphatic imine (C=N–C) groups is 1. The minimum atomic E-state index is 0.849. The zero-order chi connectivity index (χ0) is 19.2. The maximum atomic E-state index is 4.74. The van der Waals surface area contributed by atoms with Crippen LogP contribution in [0.5, 0.6) is 0 Å². The van der Waals surface area contributed by atoms with Crippen LogP contribution in [0.2, 0.25) is 0 Å². The summed E-state index contributed by atoms with van der Waals surface area (Å²) in [4.78, 5) is 7.03. The zero-order valence-electron chi connectivity index (χ0n) is 16.9. The maximum Gasteiger partial charge on any atom is 0.0700 e. The predicted molar refractivity (Wildman–Crippen MR) is 116 cm³/mol. The predicted octanol–water partition coefficient (Wildman–Crippen LogP) is 3.89. The fraction of sp³-hybridized carbons (Fsp3) is 0.409. The molecule has 0 saturated carbocycles. The Bertz CT molecular complexity index is 686. The molecule has 2 N–H and O–H groups in total. The fourth-order valence-corrected chi connectivity index (χ4v) is 2.60. The van der Waals surface area contributed by atoms with E-state index in [0.717, 1.165) is 37.3 Å². The molecule has 0 bridgehead atoms. The van der Waals surface area contributed by atoms with E-state index in [-0.39, 0.29) is 0 Å². The summed E-state index contributed by atoms with van der Waals surface area (Å²) in [5.74, 6) is 0. The van der Waals surface area contributed by atoms with Gasteiger partial charge >= 0.3 is 0 Å². The first-order valence-corrected chi connectivity index (χ1v) is 9.37. The smallest absolute Gasteiger partial charge is 0.0700 e. The zero-order valence-corrected chi connectivity index (χ0v) is 16.9. The Balaban J connectivity index is 0.00000105. The molecule has 0 fully saturated rings. The van der Waals surface area contributed by atoms with Crippen molar-refractivity contribution >= 4 is 17.0 Å². The molecule has 2 rings (SSSR count). The molecule has 4 nitrogen and oxygen atoms in total. The molecule has 0 spiro atoms. The van der Waals surface area contributed by atoms with E-state index in [1.54, 1.807) is 0 Å². The van der Waals surface area contributed by atoms with E-state index < -0.39 is 0 Å². The van der Waals surface area contributed by atoms with Crippen LogP contribution in [0.15, 0.2) is 59.4 Å². The number of benzene rings is 2. The summed E-state index contributed by atoms with van der Waals surface area (Å²) >= 11 is 0. The lowest BCUT2D eigenvalue weighted by atomic mass is 10.1. The van der Waals surface area contributed by atoms with Crippen molar-refractivity contribution < 1.29 is 0 Å². The highest BCUT2D eigenvalue weighted by Gasteiger charge is 2.02. The summed E-state index contributed by atoms with van der Waals surface area (Å²) in [7, 11) is 5.89. The van der Waals surface area contributed by atoms with E-state index in [0.29, 0.717) is 0 Å². The number of nitrogens with zero attached hydrogens (tertiary/aromatic N) is 2. The summed E-state index contributed by atoms with van der Waals surface area (Å²) < 4.78 is 0. The molecule has 0 atom stereocenters. The largest absolute Gasteiger partial charge is 0.390 e. The summed E-state index contributed by atoms with van der Waals surface area (Å²) in [5.41, 5.74) is 2.21. The van der Waals surface area contributed by atoms with E-state index in [4.69, 9.17) is 4.99 Å². The van der Waals surface area contributed by atoms with Gasteiger partial charge in [-0.15, -0.1) is 0 Å². The topological polar surface area (TPSA) is 39.7 Å². The molecule has 4 heteroatoms. The third-order valence-corrected chi connectivity index (χ3v) is 3.70. The minimum Gasteiger partial charge on any atom is -0.390 e. The van der Waals surface area contributed by atoms with Crippen molar-refractivity contribution in [3.63, 3.8) is 0 Å². The van der Waals surface area contributed by atoms with Gasteiger partial charge in [0.25, 0.3) is 0 Å². The van der Waals surface area contributed by atoms with Gasteiger partial charge in [-0.05, 0) is 51.8 Å². The van der Waals surface area contributed by atoms with Crippen LogP contribution >= 0.6 is 0 Å². The average molecular weight is 355 g/mol. The first kappa shape index (κ1) is 21.9. The van der Waals surface area contributed by atoms with Crippen LogP contribution in [-0.4, -0.2) is 51.9 Å². The lowest BCUT2D eigenvalue weighted by Crippen LogP contribution is -2.22. The second-order valence-electron chi connectivity index (χ2n) is 6.26. The molecule has 2 aromatic carbocycles. The molecule has 0 aliphatic carbocycles. The summed E-state index contributed by atoms with van der Waals surface area (Å²) in [5, 5.41) is 8.50. The monoisotopic (exact) mass is 354 g/mol. The second kappa shape index (κ2) is 13.1. The first-order valence-electron chi connectivity index (χ1n) is 9.37.